The van der Waals surface area contributed by atoms with Crippen molar-refractivity contribution in [2.24, 2.45) is 0 Å². The zero-order valence-corrected chi connectivity index (χ0v) is 11.6. The number of benzene rings is 1. The molecule has 0 radical (unpaired) electrons. The third-order valence-electron chi connectivity index (χ3n) is 2.32. The van der Waals surface area contributed by atoms with Gasteiger partial charge in [-0.05, 0) is 19.1 Å². The molecule has 1 aromatic rings. The van der Waals surface area contributed by atoms with E-state index < -0.39 is 30.3 Å². The Kier molecular flexibility index (Phi) is 6.12. The van der Waals surface area contributed by atoms with Crippen LogP contribution in [0.1, 0.15) is 17.3 Å². The molecule has 0 aliphatic heterocycles. The molecule has 3 amide bonds. The van der Waals surface area contributed by atoms with Gasteiger partial charge in [-0.25, -0.2) is 14.0 Å². The van der Waals surface area contributed by atoms with Crippen LogP contribution in [0.4, 0.5) is 9.18 Å². The number of hydrogen-bond acceptors (Lipinski definition) is 5. The number of ether oxygens (including phenoxy) is 2. The normalized spacial score (nSPS) is 9.67. The summed E-state index contributed by atoms with van der Waals surface area (Å²) in [4.78, 5) is 33.9. The van der Waals surface area contributed by atoms with Gasteiger partial charge in [-0.3, -0.25) is 10.1 Å². The van der Waals surface area contributed by atoms with Gasteiger partial charge < -0.3 is 14.8 Å². The molecule has 2 N–H and O–H groups in total. The van der Waals surface area contributed by atoms with Gasteiger partial charge in [-0.1, -0.05) is 0 Å². The first-order valence-corrected chi connectivity index (χ1v) is 6.06. The summed E-state index contributed by atoms with van der Waals surface area (Å²) >= 11 is 0. The number of carbonyl (C=O) groups is 3. The van der Waals surface area contributed by atoms with Gasteiger partial charge in [0.25, 0.3) is 5.91 Å². The summed E-state index contributed by atoms with van der Waals surface area (Å²) in [5, 5.41) is 4.27. The molecule has 0 atom stereocenters. The van der Waals surface area contributed by atoms with E-state index in [-0.39, 0.29) is 11.3 Å². The van der Waals surface area contributed by atoms with Crippen molar-refractivity contribution >= 4 is 17.9 Å². The predicted octanol–water partition coefficient (Wildman–Crippen LogP) is 0.837. The van der Waals surface area contributed by atoms with Crippen LogP contribution < -0.4 is 15.4 Å². The maximum atomic E-state index is 13.6. The fourth-order valence-electron chi connectivity index (χ4n) is 1.36. The number of hydrogen-bond donors (Lipinski definition) is 2. The highest BCUT2D eigenvalue weighted by Crippen LogP contribution is 2.16. The van der Waals surface area contributed by atoms with Crippen molar-refractivity contribution in [2.45, 2.75) is 6.92 Å². The van der Waals surface area contributed by atoms with Crippen molar-refractivity contribution in [3.05, 3.63) is 29.6 Å². The summed E-state index contributed by atoms with van der Waals surface area (Å²) in [6.07, 6.45) is 0. The van der Waals surface area contributed by atoms with E-state index in [4.69, 9.17) is 4.74 Å². The summed E-state index contributed by atoms with van der Waals surface area (Å²) < 4.78 is 23.0. The van der Waals surface area contributed by atoms with Crippen LogP contribution in [0.25, 0.3) is 0 Å². The molecule has 0 aliphatic rings. The number of rotatable bonds is 5. The van der Waals surface area contributed by atoms with Crippen LogP contribution in [0, 0.1) is 5.82 Å². The minimum atomic E-state index is -1.01. The van der Waals surface area contributed by atoms with Crippen molar-refractivity contribution in [3.8, 4) is 5.75 Å². The van der Waals surface area contributed by atoms with E-state index in [9.17, 15) is 18.8 Å². The van der Waals surface area contributed by atoms with Crippen molar-refractivity contribution in [2.75, 3.05) is 20.3 Å². The van der Waals surface area contributed by atoms with E-state index in [0.717, 1.165) is 6.07 Å². The molecule has 114 valence electrons. The molecule has 8 heteroatoms. The average molecular weight is 298 g/mol. The minimum Gasteiger partial charge on any atom is -0.497 e. The van der Waals surface area contributed by atoms with Crippen LogP contribution in [0.3, 0.4) is 0 Å². The van der Waals surface area contributed by atoms with Gasteiger partial charge in [0.2, 0.25) is 0 Å². The molecule has 21 heavy (non-hydrogen) atoms. The Hall–Kier alpha value is -2.64. The van der Waals surface area contributed by atoms with Gasteiger partial charge >= 0.3 is 12.0 Å². The summed E-state index contributed by atoms with van der Waals surface area (Å²) in [7, 11) is 1.36. The number of halogens is 1. The second-order valence-corrected chi connectivity index (χ2v) is 3.83. The SMILES string of the molecule is CCNC(=O)NC(=O)COC(=O)c1ccc(OC)cc1F. The Bertz CT molecular complexity index is 547. The Balaban J connectivity index is 2.54. The number of imide groups is 1. The quantitative estimate of drug-likeness (QED) is 0.786. The Morgan fingerprint density at radius 2 is 2.00 bits per heavy atom. The molecule has 1 rings (SSSR count). The fourth-order valence-corrected chi connectivity index (χ4v) is 1.36. The molecule has 0 spiro atoms. The molecule has 0 heterocycles. The number of esters is 1. The zero-order valence-electron chi connectivity index (χ0n) is 11.6. The van der Waals surface area contributed by atoms with Gasteiger partial charge in [0, 0.05) is 12.6 Å². The van der Waals surface area contributed by atoms with E-state index in [1.807, 2.05) is 5.32 Å². The molecule has 0 fully saturated rings. The van der Waals surface area contributed by atoms with Gasteiger partial charge in [0.05, 0.1) is 12.7 Å². The van der Waals surface area contributed by atoms with E-state index >= 15 is 0 Å². The highest BCUT2D eigenvalue weighted by Gasteiger charge is 2.16. The van der Waals surface area contributed by atoms with Crippen molar-refractivity contribution in [1.82, 2.24) is 10.6 Å². The number of urea groups is 1. The van der Waals surface area contributed by atoms with E-state index in [0.29, 0.717) is 6.54 Å². The number of amides is 3. The summed E-state index contributed by atoms with van der Waals surface area (Å²) in [6.45, 7) is 1.33. The van der Waals surface area contributed by atoms with Gasteiger partial charge in [-0.15, -0.1) is 0 Å². The van der Waals surface area contributed by atoms with Crippen molar-refractivity contribution < 1.29 is 28.2 Å². The Labute approximate surface area is 120 Å². The summed E-state index contributed by atoms with van der Waals surface area (Å²) in [6, 6.07) is 2.88. The lowest BCUT2D eigenvalue weighted by atomic mass is 10.2. The maximum absolute atomic E-state index is 13.6. The molecule has 1 aromatic carbocycles. The molecule has 0 aliphatic carbocycles. The molecular weight excluding hydrogens is 283 g/mol. The maximum Gasteiger partial charge on any atom is 0.341 e. The molecule has 0 saturated heterocycles. The first kappa shape index (κ1) is 16.4. The highest BCUT2D eigenvalue weighted by atomic mass is 19.1. The van der Waals surface area contributed by atoms with Crippen LogP contribution in [-0.2, 0) is 9.53 Å². The Morgan fingerprint density at radius 1 is 1.29 bits per heavy atom. The van der Waals surface area contributed by atoms with Crippen LogP contribution in [0.15, 0.2) is 18.2 Å². The second kappa shape index (κ2) is 7.83. The van der Waals surface area contributed by atoms with Crippen LogP contribution >= 0.6 is 0 Å². The standard InChI is InChI=1S/C13H15FN2O5/c1-3-15-13(19)16-11(17)7-21-12(18)9-5-4-8(20-2)6-10(9)14/h4-6H,3,7H2,1-2H3,(H2,15,16,17,19). The molecule has 0 bridgehead atoms. The van der Waals surface area contributed by atoms with Crippen LogP contribution in [0.2, 0.25) is 0 Å². The molecule has 0 aromatic heterocycles. The van der Waals surface area contributed by atoms with Crippen molar-refractivity contribution in [1.29, 1.82) is 0 Å². The largest absolute Gasteiger partial charge is 0.497 e. The number of nitrogens with one attached hydrogen (secondary N) is 2. The lowest BCUT2D eigenvalue weighted by molar-refractivity contribution is -0.123. The molecule has 7 nitrogen and oxygen atoms in total. The van der Waals surface area contributed by atoms with E-state index in [2.05, 4.69) is 10.1 Å². The first-order valence-electron chi connectivity index (χ1n) is 6.06. The Morgan fingerprint density at radius 3 is 2.57 bits per heavy atom. The van der Waals surface area contributed by atoms with Crippen LogP contribution in [0.5, 0.6) is 5.75 Å². The third-order valence-corrected chi connectivity index (χ3v) is 2.32. The summed E-state index contributed by atoms with van der Waals surface area (Å²) in [5.41, 5.74) is -0.332. The lowest BCUT2D eigenvalue weighted by Gasteiger charge is -2.07. The number of methoxy groups -OCH3 is 1. The first-order chi connectivity index (χ1) is 9.97. The molecular formula is C13H15FN2O5. The number of carbonyl (C=O) groups excluding carboxylic acids is 3. The van der Waals surface area contributed by atoms with Gasteiger partial charge in [0.1, 0.15) is 11.6 Å². The fraction of sp³-hybridized carbons (Fsp3) is 0.308. The smallest absolute Gasteiger partial charge is 0.341 e. The predicted molar refractivity (Wildman–Crippen MR) is 70.4 cm³/mol. The van der Waals surface area contributed by atoms with Crippen molar-refractivity contribution in [3.63, 3.8) is 0 Å². The highest BCUT2D eigenvalue weighted by molar-refractivity contribution is 5.97. The second-order valence-electron chi connectivity index (χ2n) is 3.83. The molecule has 0 saturated carbocycles. The topological polar surface area (TPSA) is 93.7 Å². The molecule has 0 unspecified atom stereocenters. The minimum absolute atomic E-state index is 0.248. The van der Waals surface area contributed by atoms with Gasteiger partial charge in [0.15, 0.2) is 6.61 Å². The lowest BCUT2D eigenvalue weighted by Crippen LogP contribution is -2.41. The summed E-state index contributed by atoms with van der Waals surface area (Å²) in [5.74, 6) is -2.41. The zero-order chi connectivity index (χ0) is 15.8. The third kappa shape index (κ3) is 5.09. The average Bonchev–Trinajstić information content (AvgIpc) is 2.44. The van der Waals surface area contributed by atoms with Crippen LogP contribution in [-0.4, -0.2) is 38.2 Å². The van der Waals surface area contributed by atoms with E-state index in [1.54, 1.807) is 6.92 Å². The monoisotopic (exact) mass is 298 g/mol. The van der Waals surface area contributed by atoms with Gasteiger partial charge in [-0.2, -0.15) is 0 Å². The van der Waals surface area contributed by atoms with E-state index in [1.165, 1.54) is 19.2 Å².